The fourth-order valence-electron chi connectivity index (χ4n) is 2.52. The van der Waals surface area contributed by atoms with Gasteiger partial charge in [-0.3, -0.25) is 14.9 Å². The molecule has 0 atom stereocenters. The van der Waals surface area contributed by atoms with Crippen LogP contribution < -0.4 is 10.6 Å². The van der Waals surface area contributed by atoms with E-state index in [4.69, 9.17) is 11.6 Å². The van der Waals surface area contributed by atoms with Gasteiger partial charge in [0.1, 0.15) is 12.7 Å². The quantitative estimate of drug-likeness (QED) is 0.496. The molecule has 2 N–H and O–H groups in total. The number of nitro benzene ring substituents is 1. The molecule has 27 heavy (non-hydrogen) atoms. The minimum atomic E-state index is -0.461. The van der Waals surface area contributed by atoms with E-state index >= 15 is 0 Å². The Morgan fingerprint density at radius 3 is 2.81 bits per heavy atom. The van der Waals surface area contributed by atoms with Crippen molar-refractivity contribution in [3.63, 3.8) is 0 Å². The fourth-order valence-corrected chi connectivity index (χ4v) is 2.70. The van der Waals surface area contributed by atoms with Crippen molar-refractivity contribution in [2.75, 3.05) is 17.2 Å². The summed E-state index contributed by atoms with van der Waals surface area (Å²) in [5, 5.41) is 21.2. The Labute approximate surface area is 159 Å². The largest absolute Gasteiger partial charge is 0.376 e. The molecule has 3 rings (SSSR count). The smallest absolute Gasteiger partial charge is 0.274 e. The van der Waals surface area contributed by atoms with E-state index in [9.17, 15) is 14.9 Å². The van der Waals surface area contributed by atoms with E-state index in [1.807, 2.05) is 0 Å². The van der Waals surface area contributed by atoms with E-state index in [2.05, 4.69) is 20.7 Å². The molecule has 2 aromatic carbocycles. The van der Waals surface area contributed by atoms with Gasteiger partial charge in [-0.05, 0) is 31.2 Å². The van der Waals surface area contributed by atoms with Crippen LogP contribution in [0.4, 0.5) is 17.1 Å². The van der Waals surface area contributed by atoms with E-state index in [1.54, 1.807) is 37.3 Å². The molecule has 10 heteroatoms. The molecule has 1 heterocycles. The predicted octanol–water partition coefficient (Wildman–Crippen LogP) is 3.19. The summed E-state index contributed by atoms with van der Waals surface area (Å²) in [4.78, 5) is 26.8. The molecule has 0 bridgehead atoms. The molecule has 138 valence electrons. The minimum absolute atomic E-state index is 0.0104. The second kappa shape index (κ2) is 7.83. The molecule has 0 aliphatic heterocycles. The fraction of sp³-hybridized carbons (Fsp3) is 0.118. The Morgan fingerprint density at radius 1 is 1.30 bits per heavy atom. The second-order valence-corrected chi connectivity index (χ2v) is 6.05. The molecule has 1 amide bonds. The number of nitrogens with one attached hydrogen (secondary N) is 2. The van der Waals surface area contributed by atoms with Crippen LogP contribution in [-0.4, -0.2) is 32.1 Å². The van der Waals surface area contributed by atoms with Crippen molar-refractivity contribution in [1.82, 2.24) is 14.8 Å². The summed E-state index contributed by atoms with van der Waals surface area (Å²) in [7, 11) is 0. The van der Waals surface area contributed by atoms with Gasteiger partial charge in [0, 0.05) is 22.3 Å². The van der Waals surface area contributed by atoms with Crippen LogP contribution in [0.5, 0.6) is 0 Å². The number of carbonyl (C=O) groups is 1. The number of anilines is 2. The van der Waals surface area contributed by atoms with Crippen LogP contribution in [0.2, 0.25) is 5.02 Å². The van der Waals surface area contributed by atoms with Crippen LogP contribution in [0.15, 0.2) is 49.1 Å². The van der Waals surface area contributed by atoms with Gasteiger partial charge in [-0.25, -0.2) is 9.67 Å². The summed E-state index contributed by atoms with van der Waals surface area (Å²) in [5.41, 5.74) is 2.04. The molecule has 0 fully saturated rings. The Kier molecular flexibility index (Phi) is 5.32. The second-order valence-electron chi connectivity index (χ2n) is 5.61. The van der Waals surface area contributed by atoms with Crippen LogP contribution in [0, 0.1) is 17.0 Å². The third-order valence-corrected chi connectivity index (χ3v) is 4.07. The summed E-state index contributed by atoms with van der Waals surface area (Å²) >= 11 is 6.03. The summed E-state index contributed by atoms with van der Waals surface area (Å²) in [6.07, 6.45) is 2.89. The number of rotatable bonds is 6. The van der Waals surface area contributed by atoms with Gasteiger partial charge in [0.25, 0.3) is 5.69 Å². The zero-order chi connectivity index (χ0) is 19.4. The first-order valence-corrected chi connectivity index (χ1v) is 8.26. The van der Waals surface area contributed by atoms with Gasteiger partial charge in [-0.2, -0.15) is 5.10 Å². The zero-order valence-corrected chi connectivity index (χ0v) is 15.0. The van der Waals surface area contributed by atoms with Crippen LogP contribution >= 0.6 is 11.6 Å². The molecule has 3 aromatic rings. The number of hydrogen-bond acceptors (Lipinski definition) is 6. The van der Waals surface area contributed by atoms with E-state index < -0.39 is 4.92 Å². The highest BCUT2D eigenvalue weighted by Gasteiger charge is 2.14. The summed E-state index contributed by atoms with van der Waals surface area (Å²) in [5.74, 6) is -0.343. The summed E-state index contributed by atoms with van der Waals surface area (Å²) in [6.45, 7) is 1.55. The highest BCUT2D eigenvalue weighted by Crippen LogP contribution is 2.26. The molecule has 0 aliphatic rings. The molecule has 0 saturated carbocycles. The predicted molar refractivity (Wildman–Crippen MR) is 101 cm³/mol. The Hall–Kier alpha value is -3.46. The lowest BCUT2D eigenvalue weighted by molar-refractivity contribution is -0.385. The van der Waals surface area contributed by atoms with Crippen molar-refractivity contribution in [2.24, 2.45) is 0 Å². The van der Waals surface area contributed by atoms with Gasteiger partial charge in [-0.1, -0.05) is 17.7 Å². The maximum Gasteiger partial charge on any atom is 0.274 e. The molecule has 0 radical (unpaired) electrons. The summed E-state index contributed by atoms with van der Waals surface area (Å²) in [6, 6.07) is 9.65. The van der Waals surface area contributed by atoms with Crippen LogP contribution in [-0.2, 0) is 4.79 Å². The maximum absolute atomic E-state index is 12.4. The third-order valence-electron chi connectivity index (χ3n) is 3.84. The first kappa shape index (κ1) is 18.3. The molecular formula is C17H15ClN6O3. The van der Waals surface area contributed by atoms with Crippen molar-refractivity contribution >= 4 is 34.6 Å². The SMILES string of the molecule is Cc1c(NCC(=O)Nc2cc(Cl)ccc2-n2cncn2)cccc1[N+](=O)[O-]. The Bertz CT molecular complexity index is 990. The van der Waals surface area contributed by atoms with Crippen LogP contribution in [0.1, 0.15) is 5.56 Å². The van der Waals surface area contributed by atoms with Gasteiger partial charge in [0.05, 0.1) is 22.8 Å². The third kappa shape index (κ3) is 4.21. The van der Waals surface area contributed by atoms with Gasteiger partial charge in [0.2, 0.25) is 5.91 Å². The van der Waals surface area contributed by atoms with Gasteiger partial charge in [-0.15, -0.1) is 0 Å². The Morgan fingerprint density at radius 2 is 2.11 bits per heavy atom. The molecular weight excluding hydrogens is 372 g/mol. The van der Waals surface area contributed by atoms with Crippen molar-refractivity contribution < 1.29 is 9.72 Å². The Balaban J connectivity index is 1.73. The van der Waals surface area contributed by atoms with E-state index in [0.717, 1.165) is 0 Å². The first-order chi connectivity index (χ1) is 13.0. The number of aromatic nitrogens is 3. The van der Waals surface area contributed by atoms with Gasteiger partial charge >= 0.3 is 0 Å². The van der Waals surface area contributed by atoms with Crippen LogP contribution in [0.3, 0.4) is 0 Å². The monoisotopic (exact) mass is 386 g/mol. The minimum Gasteiger partial charge on any atom is -0.376 e. The highest BCUT2D eigenvalue weighted by molar-refractivity contribution is 6.31. The number of nitro groups is 1. The molecule has 0 saturated heterocycles. The average Bonchev–Trinajstić information content (AvgIpc) is 3.15. The number of benzene rings is 2. The van der Waals surface area contributed by atoms with Crippen LogP contribution in [0.25, 0.3) is 5.69 Å². The molecule has 1 aromatic heterocycles. The number of hydrogen-bond donors (Lipinski definition) is 2. The zero-order valence-electron chi connectivity index (χ0n) is 14.2. The number of nitrogens with zero attached hydrogens (tertiary/aromatic N) is 4. The number of amides is 1. The average molecular weight is 387 g/mol. The maximum atomic E-state index is 12.4. The topological polar surface area (TPSA) is 115 Å². The van der Waals surface area contributed by atoms with Crippen molar-refractivity contribution in [2.45, 2.75) is 6.92 Å². The lowest BCUT2D eigenvalue weighted by Crippen LogP contribution is -2.23. The lowest BCUT2D eigenvalue weighted by Gasteiger charge is -2.13. The molecule has 0 spiro atoms. The molecule has 0 unspecified atom stereocenters. The van der Waals surface area contributed by atoms with E-state index in [-0.39, 0.29) is 18.1 Å². The number of halogens is 1. The van der Waals surface area contributed by atoms with Crippen molar-refractivity contribution in [3.8, 4) is 5.69 Å². The van der Waals surface area contributed by atoms with Gasteiger partial charge < -0.3 is 10.6 Å². The van der Waals surface area contributed by atoms with E-state index in [0.29, 0.717) is 27.6 Å². The summed E-state index contributed by atoms with van der Waals surface area (Å²) < 4.78 is 1.50. The molecule has 9 nitrogen and oxygen atoms in total. The standard InChI is InChI=1S/C17H15ClN6O3/c1-11-13(3-2-4-15(11)24(26)27)20-8-17(25)22-14-7-12(18)5-6-16(14)23-10-19-9-21-23/h2-7,9-10,20H,8H2,1H3,(H,22,25). The van der Waals surface area contributed by atoms with Crippen molar-refractivity contribution in [3.05, 3.63) is 69.8 Å². The van der Waals surface area contributed by atoms with Crippen molar-refractivity contribution in [1.29, 1.82) is 0 Å². The van der Waals surface area contributed by atoms with E-state index in [1.165, 1.54) is 23.4 Å². The highest BCUT2D eigenvalue weighted by atomic mass is 35.5. The first-order valence-electron chi connectivity index (χ1n) is 7.88. The molecule has 0 aliphatic carbocycles. The normalized spacial score (nSPS) is 10.4. The van der Waals surface area contributed by atoms with Gasteiger partial charge in [0.15, 0.2) is 0 Å². The number of carbonyl (C=O) groups excluding carboxylic acids is 1. The lowest BCUT2D eigenvalue weighted by atomic mass is 10.1.